The highest BCUT2D eigenvalue weighted by molar-refractivity contribution is 5.77. The second kappa shape index (κ2) is 16.8. The summed E-state index contributed by atoms with van der Waals surface area (Å²) in [5.41, 5.74) is 0.547. The summed E-state index contributed by atoms with van der Waals surface area (Å²) in [4.78, 5) is 36.7. The van der Waals surface area contributed by atoms with E-state index in [1.165, 1.54) is 5.57 Å². The van der Waals surface area contributed by atoms with Crippen molar-refractivity contribution in [3.05, 3.63) is 11.6 Å². The zero-order chi connectivity index (χ0) is 32.3. The smallest absolute Gasteiger partial charge is 0.407 e. The van der Waals surface area contributed by atoms with Crippen LogP contribution in [0.4, 0.5) is 9.59 Å². The second-order valence-electron chi connectivity index (χ2n) is 13.1. The zero-order valence-electron chi connectivity index (χ0n) is 27.8. The Morgan fingerprint density at radius 2 is 1.73 bits per heavy atom. The van der Waals surface area contributed by atoms with Gasteiger partial charge in [0.25, 0.3) is 0 Å². The molecule has 0 aromatic heterocycles. The molecule has 252 valence electrons. The molecule has 2 aliphatic heterocycles. The van der Waals surface area contributed by atoms with E-state index in [0.717, 1.165) is 38.5 Å². The Kier molecular flexibility index (Phi) is 13.7. The van der Waals surface area contributed by atoms with Crippen LogP contribution in [0.15, 0.2) is 11.6 Å². The molecule has 0 aromatic carbocycles. The van der Waals surface area contributed by atoms with Gasteiger partial charge in [0.2, 0.25) is 5.91 Å². The van der Waals surface area contributed by atoms with Crippen molar-refractivity contribution in [3.63, 3.8) is 0 Å². The van der Waals surface area contributed by atoms with E-state index in [-0.39, 0.29) is 42.2 Å². The van der Waals surface area contributed by atoms with E-state index in [1.54, 1.807) is 14.2 Å². The molecule has 0 bridgehead atoms. The average molecular weight is 625 g/mol. The third-order valence-electron chi connectivity index (χ3n) is 9.03. The van der Waals surface area contributed by atoms with Crippen LogP contribution in [0, 0.1) is 11.8 Å². The summed E-state index contributed by atoms with van der Waals surface area (Å²) >= 11 is 0. The lowest BCUT2D eigenvalue weighted by Gasteiger charge is -2.42. The van der Waals surface area contributed by atoms with Gasteiger partial charge in [0.05, 0.1) is 31.2 Å². The van der Waals surface area contributed by atoms with Crippen molar-refractivity contribution in [2.45, 2.75) is 115 Å². The van der Waals surface area contributed by atoms with Crippen LogP contribution >= 0.6 is 0 Å². The number of carbonyl (C=O) groups excluding carboxylic acids is 3. The minimum absolute atomic E-state index is 0.00945. The summed E-state index contributed by atoms with van der Waals surface area (Å²) in [5.74, 6) is -0.0527. The molecule has 12 nitrogen and oxygen atoms in total. The third kappa shape index (κ3) is 10.3. The third-order valence-corrected chi connectivity index (χ3v) is 9.03. The lowest BCUT2D eigenvalue weighted by Crippen LogP contribution is -2.56. The molecular formula is C32H56N4O8. The van der Waals surface area contributed by atoms with E-state index in [9.17, 15) is 14.4 Å². The predicted octanol–water partition coefficient (Wildman–Crippen LogP) is 3.44. The number of rotatable bonds is 18. The average Bonchev–Trinajstić information content (AvgIpc) is 3.88. The lowest BCUT2D eigenvalue weighted by molar-refractivity contribution is -0.120. The Bertz CT molecular complexity index is 983. The normalized spacial score (nSPS) is 29.5. The van der Waals surface area contributed by atoms with Crippen LogP contribution in [0.1, 0.15) is 79.6 Å². The number of ether oxygens (including phenoxy) is 5. The lowest BCUT2D eigenvalue weighted by atomic mass is 9.68. The standard InChI is InChI=1S/C32H56N4O8/c1-21(2)12-13-25-31(5,44-25)28-27(40-7)24(14-15-32(28)20-42-32)43-30(39)36-23(22(3)4)19-41-29(38)35-17-11-9-8-10-16-34-26(37)18-33-6/h12,22-25,27-28,33H,8-11,13-20H2,1-7H3,(H,34,37)(H,35,38)(H,36,39)/t23-,24?,25+,27?,28?,31+,32-/m0/s1. The molecule has 1 saturated carbocycles. The van der Waals surface area contributed by atoms with Crippen molar-refractivity contribution in [2.75, 3.05) is 47.0 Å². The number of unbranched alkanes of at least 4 members (excludes halogenated alkanes) is 3. The van der Waals surface area contributed by atoms with E-state index >= 15 is 0 Å². The highest BCUT2D eigenvalue weighted by Crippen LogP contribution is 2.59. The number of allylic oxidation sites excluding steroid dienone is 1. The van der Waals surface area contributed by atoms with Gasteiger partial charge in [0, 0.05) is 20.2 Å². The van der Waals surface area contributed by atoms with Crippen LogP contribution in [-0.2, 0) is 28.5 Å². The van der Waals surface area contributed by atoms with Gasteiger partial charge in [0.15, 0.2) is 0 Å². The summed E-state index contributed by atoms with van der Waals surface area (Å²) < 4.78 is 29.6. The molecule has 0 radical (unpaired) electrons. The van der Waals surface area contributed by atoms with Crippen LogP contribution in [0.3, 0.4) is 0 Å². The summed E-state index contributed by atoms with van der Waals surface area (Å²) in [6.07, 6.45) is 6.20. The molecule has 4 N–H and O–H groups in total. The molecule has 12 heteroatoms. The Labute approximate surface area is 263 Å². The number of likely N-dealkylation sites (N-methyl/N-ethyl adjacent to an activating group) is 1. The van der Waals surface area contributed by atoms with Gasteiger partial charge in [-0.05, 0) is 65.8 Å². The summed E-state index contributed by atoms with van der Waals surface area (Å²) in [6.45, 7) is 12.3. The predicted molar refractivity (Wildman–Crippen MR) is 166 cm³/mol. The minimum Gasteiger partial charge on any atom is -0.447 e. The molecule has 1 spiro atoms. The van der Waals surface area contributed by atoms with E-state index < -0.39 is 29.9 Å². The van der Waals surface area contributed by atoms with Crippen molar-refractivity contribution in [1.82, 2.24) is 21.3 Å². The fourth-order valence-electron chi connectivity index (χ4n) is 6.26. The first-order valence-electron chi connectivity index (χ1n) is 16.2. The number of hydrogen-bond donors (Lipinski definition) is 4. The first-order valence-corrected chi connectivity index (χ1v) is 16.2. The Morgan fingerprint density at radius 3 is 2.32 bits per heavy atom. The molecule has 3 aliphatic rings. The maximum atomic E-state index is 13.1. The number of epoxide rings is 2. The van der Waals surface area contributed by atoms with Crippen LogP contribution < -0.4 is 21.3 Å². The largest absolute Gasteiger partial charge is 0.447 e. The quantitative estimate of drug-likeness (QED) is 0.102. The highest BCUT2D eigenvalue weighted by Gasteiger charge is 2.72. The monoisotopic (exact) mass is 624 g/mol. The highest BCUT2D eigenvalue weighted by atomic mass is 16.6. The number of methoxy groups -OCH3 is 1. The first kappa shape index (κ1) is 36.1. The second-order valence-corrected chi connectivity index (χ2v) is 13.1. The maximum Gasteiger partial charge on any atom is 0.407 e. The SMILES string of the molecule is CNCC(=O)NCCCCCCNC(=O)OC[C@H](NC(=O)OC1CC[C@]2(CO2)C([C@]2(C)O[C@@H]2CC=C(C)C)C1OC)C(C)C. The molecule has 1 aliphatic carbocycles. The Hall–Kier alpha value is -2.41. The van der Waals surface area contributed by atoms with Crippen molar-refractivity contribution in [2.24, 2.45) is 11.8 Å². The summed E-state index contributed by atoms with van der Waals surface area (Å²) in [6, 6.07) is -0.414. The summed E-state index contributed by atoms with van der Waals surface area (Å²) in [5, 5.41) is 11.3. The minimum atomic E-state index is -0.559. The van der Waals surface area contributed by atoms with E-state index in [1.807, 2.05) is 13.8 Å². The van der Waals surface area contributed by atoms with Crippen LogP contribution in [0.2, 0.25) is 0 Å². The van der Waals surface area contributed by atoms with Gasteiger partial charge in [-0.15, -0.1) is 0 Å². The van der Waals surface area contributed by atoms with Crippen LogP contribution in [0.25, 0.3) is 0 Å². The van der Waals surface area contributed by atoms with Gasteiger partial charge < -0.3 is 45.0 Å². The number of amides is 3. The fraction of sp³-hybridized carbons (Fsp3) is 0.844. The fourth-order valence-corrected chi connectivity index (χ4v) is 6.26. The van der Waals surface area contributed by atoms with Crippen molar-refractivity contribution >= 4 is 18.1 Å². The number of nitrogens with one attached hydrogen (secondary N) is 4. The molecular weight excluding hydrogens is 568 g/mol. The molecule has 0 aromatic rings. The molecule has 44 heavy (non-hydrogen) atoms. The van der Waals surface area contributed by atoms with Crippen LogP contribution in [-0.4, -0.2) is 101 Å². The molecule has 2 saturated heterocycles. The molecule has 7 atom stereocenters. The van der Waals surface area contributed by atoms with Gasteiger partial charge in [-0.3, -0.25) is 4.79 Å². The number of carbonyl (C=O) groups is 3. The molecule has 3 amide bonds. The van der Waals surface area contributed by atoms with Gasteiger partial charge in [0.1, 0.15) is 30.0 Å². The Morgan fingerprint density at radius 1 is 1.05 bits per heavy atom. The topological polar surface area (TPSA) is 152 Å². The number of hydrogen-bond acceptors (Lipinski definition) is 9. The van der Waals surface area contributed by atoms with E-state index in [2.05, 4.69) is 48.1 Å². The van der Waals surface area contributed by atoms with Gasteiger partial charge in [-0.2, -0.15) is 0 Å². The molecule has 2 heterocycles. The van der Waals surface area contributed by atoms with Crippen LogP contribution in [0.5, 0.6) is 0 Å². The van der Waals surface area contributed by atoms with Gasteiger partial charge >= 0.3 is 12.2 Å². The van der Waals surface area contributed by atoms with Crippen molar-refractivity contribution < 1.29 is 38.1 Å². The molecule has 3 fully saturated rings. The van der Waals surface area contributed by atoms with Crippen molar-refractivity contribution in [3.8, 4) is 0 Å². The molecule has 3 rings (SSSR count). The number of alkyl carbamates (subject to hydrolysis) is 2. The maximum absolute atomic E-state index is 13.1. The Balaban J connectivity index is 1.40. The van der Waals surface area contributed by atoms with Gasteiger partial charge in [-0.25, -0.2) is 9.59 Å². The van der Waals surface area contributed by atoms with Gasteiger partial charge in [-0.1, -0.05) is 38.3 Å². The van der Waals surface area contributed by atoms with E-state index in [0.29, 0.717) is 32.7 Å². The first-order chi connectivity index (χ1) is 21.0. The molecule has 3 unspecified atom stereocenters. The zero-order valence-corrected chi connectivity index (χ0v) is 27.8. The van der Waals surface area contributed by atoms with Crippen molar-refractivity contribution in [1.29, 1.82) is 0 Å². The summed E-state index contributed by atoms with van der Waals surface area (Å²) in [7, 11) is 3.39. The van der Waals surface area contributed by atoms with E-state index in [4.69, 9.17) is 23.7 Å².